The third-order valence-electron chi connectivity index (χ3n) is 3.80. The zero-order chi connectivity index (χ0) is 10.2. The molecule has 0 saturated heterocycles. The predicted molar refractivity (Wildman–Crippen MR) is 56.9 cm³/mol. The van der Waals surface area contributed by atoms with Gasteiger partial charge < -0.3 is 10.1 Å². The van der Waals surface area contributed by atoms with E-state index in [0.29, 0.717) is 5.92 Å². The Hall–Kier alpha value is -0.760. The molecule has 78 valence electrons. The molecular weight excluding hydrogens is 174 g/mol. The van der Waals surface area contributed by atoms with Gasteiger partial charge in [-0.3, -0.25) is 0 Å². The Labute approximate surface area is 85.3 Å². The van der Waals surface area contributed by atoms with Crippen LogP contribution in [0.4, 0.5) is 0 Å². The third-order valence-corrected chi connectivity index (χ3v) is 3.80. The first-order valence-corrected chi connectivity index (χ1v) is 5.43. The van der Waals surface area contributed by atoms with Crippen molar-refractivity contribution in [3.8, 4) is 0 Å². The quantitative estimate of drug-likeness (QED) is 0.760. The van der Waals surface area contributed by atoms with Crippen LogP contribution in [0.1, 0.15) is 44.8 Å². The molecule has 0 aromatic carbocycles. The van der Waals surface area contributed by atoms with Gasteiger partial charge in [0.2, 0.25) is 0 Å². The summed E-state index contributed by atoms with van der Waals surface area (Å²) in [7, 11) is 0. The lowest BCUT2D eigenvalue weighted by Gasteiger charge is -2.43. The lowest BCUT2D eigenvalue weighted by atomic mass is 9.64. The van der Waals surface area contributed by atoms with E-state index in [9.17, 15) is 5.11 Å². The first-order valence-electron chi connectivity index (χ1n) is 5.43. The standard InChI is InChI=1S/C12H19NO/c1-12(2,10-4-3-5-10)11(14)9-6-7-13-8-9/h6-8,10-11,13-14H,3-5H2,1-2H3. The van der Waals surface area contributed by atoms with Gasteiger partial charge in [0, 0.05) is 12.4 Å². The van der Waals surface area contributed by atoms with E-state index in [1.807, 2.05) is 18.5 Å². The van der Waals surface area contributed by atoms with Crippen molar-refractivity contribution in [2.75, 3.05) is 0 Å². The second-order valence-electron chi connectivity index (χ2n) is 5.00. The van der Waals surface area contributed by atoms with Gasteiger partial charge in [0.15, 0.2) is 0 Å². The van der Waals surface area contributed by atoms with Crippen molar-refractivity contribution in [2.24, 2.45) is 11.3 Å². The Morgan fingerprint density at radius 1 is 1.50 bits per heavy atom. The fourth-order valence-corrected chi connectivity index (χ4v) is 2.31. The molecule has 0 spiro atoms. The van der Waals surface area contributed by atoms with Crippen LogP contribution in [-0.2, 0) is 0 Å². The van der Waals surface area contributed by atoms with Crippen LogP contribution in [0.5, 0.6) is 0 Å². The van der Waals surface area contributed by atoms with E-state index >= 15 is 0 Å². The number of H-pyrrole nitrogens is 1. The summed E-state index contributed by atoms with van der Waals surface area (Å²) < 4.78 is 0. The van der Waals surface area contributed by atoms with Gasteiger partial charge in [0.1, 0.15) is 0 Å². The summed E-state index contributed by atoms with van der Waals surface area (Å²) >= 11 is 0. The number of aromatic nitrogens is 1. The number of aromatic amines is 1. The Morgan fingerprint density at radius 3 is 2.64 bits per heavy atom. The molecule has 0 amide bonds. The Kier molecular flexibility index (Phi) is 2.40. The zero-order valence-corrected chi connectivity index (χ0v) is 8.96. The average Bonchev–Trinajstić information content (AvgIpc) is 2.49. The van der Waals surface area contributed by atoms with Crippen molar-refractivity contribution < 1.29 is 5.11 Å². The number of aliphatic hydroxyl groups excluding tert-OH is 1. The first-order chi connectivity index (χ1) is 6.62. The van der Waals surface area contributed by atoms with Crippen LogP contribution < -0.4 is 0 Å². The molecule has 0 radical (unpaired) electrons. The van der Waals surface area contributed by atoms with E-state index in [1.54, 1.807) is 0 Å². The number of hydrogen-bond donors (Lipinski definition) is 2. The maximum Gasteiger partial charge on any atom is 0.0858 e. The molecule has 2 rings (SSSR count). The van der Waals surface area contributed by atoms with Crippen LogP contribution in [0.2, 0.25) is 0 Å². The van der Waals surface area contributed by atoms with E-state index in [-0.39, 0.29) is 11.5 Å². The van der Waals surface area contributed by atoms with Crippen molar-refractivity contribution in [1.82, 2.24) is 4.98 Å². The lowest BCUT2D eigenvalue weighted by Crippen LogP contribution is -2.35. The molecule has 1 atom stereocenters. The molecule has 0 bridgehead atoms. The minimum absolute atomic E-state index is 0.0143. The van der Waals surface area contributed by atoms with Crippen molar-refractivity contribution >= 4 is 0 Å². The minimum Gasteiger partial charge on any atom is -0.388 e. The molecule has 1 fully saturated rings. The van der Waals surface area contributed by atoms with Crippen LogP contribution in [0, 0.1) is 11.3 Å². The van der Waals surface area contributed by atoms with Gasteiger partial charge in [-0.15, -0.1) is 0 Å². The van der Waals surface area contributed by atoms with Crippen LogP contribution in [0.15, 0.2) is 18.5 Å². The highest BCUT2D eigenvalue weighted by Gasteiger charge is 2.40. The molecule has 1 heterocycles. The molecule has 2 nitrogen and oxygen atoms in total. The van der Waals surface area contributed by atoms with E-state index in [4.69, 9.17) is 0 Å². The van der Waals surface area contributed by atoms with Crippen molar-refractivity contribution in [2.45, 2.75) is 39.2 Å². The van der Waals surface area contributed by atoms with E-state index in [2.05, 4.69) is 18.8 Å². The van der Waals surface area contributed by atoms with E-state index in [1.165, 1.54) is 19.3 Å². The van der Waals surface area contributed by atoms with Gasteiger partial charge in [-0.05, 0) is 35.8 Å². The summed E-state index contributed by atoms with van der Waals surface area (Å²) in [4.78, 5) is 3.00. The Bertz CT molecular complexity index is 285. The molecule has 1 unspecified atom stereocenters. The Balaban J connectivity index is 2.12. The average molecular weight is 193 g/mol. The largest absolute Gasteiger partial charge is 0.388 e. The minimum atomic E-state index is -0.334. The maximum atomic E-state index is 10.3. The third kappa shape index (κ3) is 1.48. The molecule has 2 N–H and O–H groups in total. The number of nitrogens with one attached hydrogen (secondary N) is 1. The molecule has 0 aliphatic heterocycles. The molecule has 1 aromatic rings. The van der Waals surface area contributed by atoms with Gasteiger partial charge in [-0.25, -0.2) is 0 Å². The van der Waals surface area contributed by atoms with Gasteiger partial charge in [-0.1, -0.05) is 20.3 Å². The van der Waals surface area contributed by atoms with Crippen molar-refractivity contribution in [3.05, 3.63) is 24.0 Å². The number of rotatable bonds is 3. The second kappa shape index (κ2) is 3.43. The SMILES string of the molecule is CC(C)(C1CCC1)C(O)c1cc[nH]c1. The number of aliphatic hydroxyl groups is 1. The van der Waals surface area contributed by atoms with Gasteiger partial charge in [0.25, 0.3) is 0 Å². The molecule has 1 aromatic heterocycles. The summed E-state index contributed by atoms with van der Waals surface area (Å²) in [6.07, 6.45) is 7.30. The molecule has 2 heteroatoms. The summed E-state index contributed by atoms with van der Waals surface area (Å²) in [5, 5.41) is 10.3. The van der Waals surface area contributed by atoms with Crippen molar-refractivity contribution in [3.63, 3.8) is 0 Å². The summed E-state index contributed by atoms with van der Waals surface area (Å²) in [5.41, 5.74) is 1.03. The van der Waals surface area contributed by atoms with Gasteiger partial charge >= 0.3 is 0 Å². The molecular formula is C12H19NO. The fraction of sp³-hybridized carbons (Fsp3) is 0.667. The monoisotopic (exact) mass is 193 g/mol. The van der Waals surface area contributed by atoms with Gasteiger partial charge in [0.05, 0.1) is 6.10 Å². The summed E-state index contributed by atoms with van der Waals surface area (Å²) in [6, 6.07) is 1.96. The molecule has 1 aliphatic carbocycles. The molecule has 1 aliphatic rings. The molecule has 14 heavy (non-hydrogen) atoms. The molecule has 1 saturated carbocycles. The smallest absolute Gasteiger partial charge is 0.0858 e. The predicted octanol–water partition coefficient (Wildman–Crippen LogP) is 2.87. The zero-order valence-electron chi connectivity index (χ0n) is 8.96. The summed E-state index contributed by atoms with van der Waals surface area (Å²) in [5.74, 6) is 0.687. The topological polar surface area (TPSA) is 36.0 Å². The van der Waals surface area contributed by atoms with Gasteiger partial charge in [-0.2, -0.15) is 0 Å². The van der Waals surface area contributed by atoms with Crippen LogP contribution in [0.25, 0.3) is 0 Å². The second-order valence-corrected chi connectivity index (χ2v) is 5.00. The first kappa shape index (κ1) is 9.78. The summed E-state index contributed by atoms with van der Waals surface area (Å²) in [6.45, 7) is 4.35. The maximum absolute atomic E-state index is 10.3. The lowest BCUT2D eigenvalue weighted by molar-refractivity contribution is -0.0241. The van der Waals surface area contributed by atoms with Crippen LogP contribution in [0.3, 0.4) is 0 Å². The highest BCUT2D eigenvalue weighted by Crippen LogP contribution is 2.48. The van der Waals surface area contributed by atoms with Crippen molar-refractivity contribution in [1.29, 1.82) is 0 Å². The highest BCUT2D eigenvalue weighted by molar-refractivity contribution is 5.15. The highest BCUT2D eigenvalue weighted by atomic mass is 16.3. The Morgan fingerprint density at radius 2 is 2.21 bits per heavy atom. The fourth-order valence-electron chi connectivity index (χ4n) is 2.31. The van der Waals surface area contributed by atoms with E-state index < -0.39 is 0 Å². The van der Waals surface area contributed by atoms with E-state index in [0.717, 1.165) is 5.56 Å². The normalized spacial score (nSPS) is 20.5. The van der Waals surface area contributed by atoms with Crippen LogP contribution >= 0.6 is 0 Å². The number of hydrogen-bond acceptors (Lipinski definition) is 1. The van der Waals surface area contributed by atoms with Crippen LogP contribution in [-0.4, -0.2) is 10.1 Å².